The number of nitrogens with one attached hydrogen (secondary N) is 2. The first-order valence-corrected chi connectivity index (χ1v) is 6.04. The van der Waals surface area contributed by atoms with E-state index >= 15 is 0 Å². The smallest absolute Gasteiger partial charge is 0.255 e. The summed E-state index contributed by atoms with van der Waals surface area (Å²) in [6, 6.07) is 5.07. The lowest BCUT2D eigenvalue weighted by molar-refractivity contribution is 0.102. The van der Waals surface area contributed by atoms with Gasteiger partial charge in [0.25, 0.3) is 5.91 Å². The number of aromatic nitrogens is 2. The number of amides is 1. The van der Waals surface area contributed by atoms with Gasteiger partial charge in [-0.05, 0) is 34.1 Å². The zero-order valence-corrected chi connectivity index (χ0v) is 11.2. The summed E-state index contributed by atoms with van der Waals surface area (Å²) in [6.45, 7) is 0. The number of anilines is 2. The molecule has 0 saturated carbocycles. The van der Waals surface area contributed by atoms with Gasteiger partial charge in [0.2, 0.25) is 0 Å². The molecule has 2 aromatic rings. The second-order valence-electron chi connectivity index (χ2n) is 3.49. The Morgan fingerprint density at radius 2 is 2.17 bits per heavy atom. The van der Waals surface area contributed by atoms with Gasteiger partial charge in [-0.3, -0.25) is 9.78 Å². The summed E-state index contributed by atoms with van der Waals surface area (Å²) in [5.74, 6) is 0.456. The first kappa shape index (κ1) is 12.5. The van der Waals surface area contributed by atoms with E-state index in [1.807, 2.05) is 0 Å². The molecule has 0 saturated heterocycles. The number of pyridine rings is 2. The lowest BCUT2D eigenvalue weighted by Gasteiger charge is -2.07. The molecule has 0 atom stereocenters. The van der Waals surface area contributed by atoms with Crippen LogP contribution in [0.15, 0.2) is 41.3 Å². The van der Waals surface area contributed by atoms with Crippen molar-refractivity contribution < 1.29 is 4.79 Å². The Hall–Kier alpha value is -1.95. The average molecular weight is 307 g/mol. The Morgan fingerprint density at radius 3 is 2.89 bits per heavy atom. The summed E-state index contributed by atoms with van der Waals surface area (Å²) in [4.78, 5) is 20.0. The Kier molecular flexibility index (Phi) is 3.88. The van der Waals surface area contributed by atoms with Crippen LogP contribution < -0.4 is 10.6 Å². The fourth-order valence-corrected chi connectivity index (χ4v) is 1.73. The number of carbonyl (C=O) groups is 1. The van der Waals surface area contributed by atoms with E-state index in [4.69, 9.17) is 0 Å². The summed E-state index contributed by atoms with van der Waals surface area (Å²) < 4.78 is 0.737. The number of hydrogen-bond donors (Lipinski definition) is 2. The van der Waals surface area contributed by atoms with E-state index in [-0.39, 0.29) is 5.91 Å². The maximum atomic E-state index is 12.0. The molecule has 0 aromatic carbocycles. The number of hydrogen-bond acceptors (Lipinski definition) is 4. The molecule has 0 spiro atoms. The van der Waals surface area contributed by atoms with Crippen LogP contribution in [0.2, 0.25) is 0 Å². The summed E-state index contributed by atoms with van der Waals surface area (Å²) in [7, 11) is 1.75. The molecule has 1 amide bonds. The van der Waals surface area contributed by atoms with Gasteiger partial charge in [0.1, 0.15) is 5.82 Å². The average Bonchev–Trinajstić information content (AvgIpc) is 2.41. The lowest BCUT2D eigenvalue weighted by atomic mass is 10.2. The van der Waals surface area contributed by atoms with Crippen molar-refractivity contribution in [2.45, 2.75) is 0 Å². The molecular formula is C12H11BrN4O. The molecular weight excluding hydrogens is 296 g/mol. The van der Waals surface area contributed by atoms with Gasteiger partial charge >= 0.3 is 0 Å². The Morgan fingerprint density at radius 1 is 1.33 bits per heavy atom. The lowest BCUT2D eigenvalue weighted by Crippen LogP contribution is -2.12. The minimum atomic E-state index is -0.194. The highest BCUT2D eigenvalue weighted by molar-refractivity contribution is 9.10. The van der Waals surface area contributed by atoms with Gasteiger partial charge in [0.05, 0.1) is 10.2 Å². The minimum absolute atomic E-state index is 0.194. The van der Waals surface area contributed by atoms with Crippen molar-refractivity contribution in [1.82, 2.24) is 9.97 Å². The summed E-state index contributed by atoms with van der Waals surface area (Å²) in [5.41, 5.74) is 1.22. The monoisotopic (exact) mass is 306 g/mol. The van der Waals surface area contributed by atoms with Crippen LogP contribution in [-0.2, 0) is 0 Å². The largest absolute Gasteiger partial charge is 0.373 e. The van der Waals surface area contributed by atoms with Crippen molar-refractivity contribution in [3.63, 3.8) is 0 Å². The summed E-state index contributed by atoms with van der Waals surface area (Å²) in [5, 5.41) is 5.68. The minimum Gasteiger partial charge on any atom is -0.373 e. The molecule has 2 heterocycles. The van der Waals surface area contributed by atoms with Gasteiger partial charge in [-0.2, -0.15) is 0 Å². The van der Waals surface area contributed by atoms with E-state index in [0.717, 1.165) is 4.47 Å². The number of rotatable bonds is 3. The van der Waals surface area contributed by atoms with Gasteiger partial charge in [-0.15, -0.1) is 0 Å². The molecule has 5 nitrogen and oxygen atoms in total. The third-order valence-corrected chi connectivity index (χ3v) is 2.93. The van der Waals surface area contributed by atoms with E-state index in [1.54, 1.807) is 43.8 Å². The predicted molar refractivity (Wildman–Crippen MR) is 73.7 cm³/mol. The van der Waals surface area contributed by atoms with Crippen molar-refractivity contribution in [2.24, 2.45) is 0 Å². The van der Waals surface area contributed by atoms with Crippen LogP contribution in [0.1, 0.15) is 10.4 Å². The van der Waals surface area contributed by atoms with Crippen LogP contribution in [0.25, 0.3) is 0 Å². The predicted octanol–water partition coefficient (Wildman–Crippen LogP) is 2.53. The van der Waals surface area contributed by atoms with Crippen LogP contribution in [0, 0.1) is 0 Å². The first-order chi connectivity index (χ1) is 8.70. The first-order valence-electron chi connectivity index (χ1n) is 5.25. The van der Waals surface area contributed by atoms with Crippen LogP contribution >= 0.6 is 15.9 Å². The van der Waals surface area contributed by atoms with Gasteiger partial charge in [0, 0.05) is 31.2 Å². The van der Waals surface area contributed by atoms with Crippen LogP contribution in [0.5, 0.6) is 0 Å². The molecule has 0 aliphatic rings. The molecule has 0 radical (unpaired) electrons. The van der Waals surface area contributed by atoms with Crippen LogP contribution in [-0.4, -0.2) is 22.9 Å². The highest BCUT2D eigenvalue weighted by atomic mass is 79.9. The van der Waals surface area contributed by atoms with Gasteiger partial charge < -0.3 is 10.6 Å². The van der Waals surface area contributed by atoms with Crippen molar-refractivity contribution in [2.75, 3.05) is 17.7 Å². The van der Waals surface area contributed by atoms with Gasteiger partial charge in [-0.25, -0.2) is 4.98 Å². The van der Waals surface area contributed by atoms with Crippen LogP contribution in [0.3, 0.4) is 0 Å². The SMILES string of the molecule is CNc1cc(C(=O)Nc2ccncc2Br)ccn1. The molecule has 0 bridgehead atoms. The third kappa shape index (κ3) is 2.84. The standard InChI is InChI=1S/C12H11BrN4O/c1-14-11-6-8(2-5-16-11)12(18)17-10-3-4-15-7-9(10)13/h2-7H,1H3,(H,14,16)(H,15,17,18). The highest BCUT2D eigenvalue weighted by Gasteiger charge is 2.08. The molecule has 2 rings (SSSR count). The zero-order chi connectivity index (χ0) is 13.0. The molecule has 6 heteroatoms. The van der Waals surface area contributed by atoms with Crippen molar-refractivity contribution in [3.8, 4) is 0 Å². The molecule has 92 valence electrons. The Labute approximate surface area is 113 Å². The molecule has 0 unspecified atom stereocenters. The van der Waals surface area contributed by atoms with E-state index in [9.17, 15) is 4.79 Å². The number of nitrogens with zero attached hydrogens (tertiary/aromatic N) is 2. The fourth-order valence-electron chi connectivity index (χ4n) is 1.38. The fraction of sp³-hybridized carbons (Fsp3) is 0.0833. The number of halogens is 1. The molecule has 0 aliphatic carbocycles. The van der Waals surface area contributed by atoms with Crippen molar-refractivity contribution in [3.05, 3.63) is 46.8 Å². The maximum Gasteiger partial charge on any atom is 0.255 e. The molecule has 2 aromatic heterocycles. The van der Waals surface area contributed by atoms with E-state index in [1.165, 1.54) is 0 Å². The topological polar surface area (TPSA) is 66.9 Å². The molecule has 2 N–H and O–H groups in total. The van der Waals surface area contributed by atoms with Crippen LogP contribution in [0.4, 0.5) is 11.5 Å². The Bertz CT molecular complexity index is 574. The van der Waals surface area contributed by atoms with E-state index in [2.05, 4.69) is 36.5 Å². The van der Waals surface area contributed by atoms with Gasteiger partial charge in [-0.1, -0.05) is 0 Å². The molecule has 0 aliphatic heterocycles. The maximum absolute atomic E-state index is 12.0. The summed E-state index contributed by atoms with van der Waals surface area (Å²) >= 11 is 3.32. The molecule has 18 heavy (non-hydrogen) atoms. The van der Waals surface area contributed by atoms with E-state index < -0.39 is 0 Å². The second kappa shape index (κ2) is 5.59. The van der Waals surface area contributed by atoms with Crippen molar-refractivity contribution in [1.29, 1.82) is 0 Å². The van der Waals surface area contributed by atoms with Gasteiger partial charge in [0.15, 0.2) is 0 Å². The third-order valence-electron chi connectivity index (χ3n) is 2.30. The number of carbonyl (C=O) groups excluding carboxylic acids is 1. The van der Waals surface area contributed by atoms with Crippen molar-refractivity contribution >= 4 is 33.3 Å². The summed E-state index contributed by atoms with van der Waals surface area (Å²) in [6.07, 6.45) is 4.83. The second-order valence-corrected chi connectivity index (χ2v) is 4.34. The van der Waals surface area contributed by atoms with E-state index in [0.29, 0.717) is 17.1 Å². The zero-order valence-electron chi connectivity index (χ0n) is 9.64. The highest BCUT2D eigenvalue weighted by Crippen LogP contribution is 2.20. The molecule has 0 fully saturated rings. The Balaban J connectivity index is 2.19. The quantitative estimate of drug-likeness (QED) is 0.914. The normalized spacial score (nSPS) is 9.89.